The molecule has 3 rings (SSSR count). The highest BCUT2D eigenvalue weighted by atomic mass is 19.2. The van der Waals surface area contributed by atoms with E-state index >= 15 is 0 Å². The number of carbonyl (C=O) groups excluding carboxylic acids is 1. The van der Waals surface area contributed by atoms with Gasteiger partial charge in [-0.1, -0.05) is 37.3 Å². The largest absolute Gasteiger partial charge is 0.478 e. The van der Waals surface area contributed by atoms with E-state index in [1.165, 1.54) is 23.1 Å². The Morgan fingerprint density at radius 2 is 1.67 bits per heavy atom. The standard InChI is InChI=1S/C23H18F3NO3/c1-2-15-7-3-4-9-19(15)27(13-14-6-5-8-16(12-14)23(29)30)22(28)17-10-11-18(24)21(26)20(17)25/h3-12H,2,13H2,1H3,(H,29,30). The van der Waals surface area contributed by atoms with Gasteiger partial charge in [0.2, 0.25) is 0 Å². The molecule has 7 heteroatoms. The average Bonchev–Trinajstić information content (AvgIpc) is 2.75. The number of aryl methyl sites for hydroxylation is 1. The Morgan fingerprint density at radius 3 is 2.37 bits per heavy atom. The van der Waals surface area contributed by atoms with Crippen molar-refractivity contribution >= 4 is 17.6 Å². The van der Waals surface area contributed by atoms with Gasteiger partial charge >= 0.3 is 5.97 Å². The second-order valence-corrected chi connectivity index (χ2v) is 6.60. The molecular weight excluding hydrogens is 395 g/mol. The number of halogens is 3. The predicted octanol–water partition coefficient (Wildman–Crippen LogP) is 5.21. The van der Waals surface area contributed by atoms with Crippen LogP contribution in [0.25, 0.3) is 0 Å². The molecule has 1 N–H and O–H groups in total. The van der Waals surface area contributed by atoms with Crippen molar-refractivity contribution in [2.75, 3.05) is 4.90 Å². The molecule has 0 aromatic heterocycles. The number of hydrogen-bond donors (Lipinski definition) is 1. The normalized spacial score (nSPS) is 10.7. The predicted molar refractivity (Wildman–Crippen MR) is 106 cm³/mol. The SMILES string of the molecule is CCc1ccccc1N(Cc1cccc(C(=O)O)c1)C(=O)c1ccc(F)c(F)c1F. The van der Waals surface area contributed by atoms with Crippen LogP contribution < -0.4 is 4.90 Å². The minimum atomic E-state index is -1.72. The highest BCUT2D eigenvalue weighted by Gasteiger charge is 2.26. The number of para-hydroxylation sites is 1. The van der Waals surface area contributed by atoms with Crippen LogP contribution in [-0.2, 0) is 13.0 Å². The molecular formula is C23H18F3NO3. The van der Waals surface area contributed by atoms with Gasteiger partial charge in [-0.25, -0.2) is 18.0 Å². The summed E-state index contributed by atoms with van der Waals surface area (Å²) in [6.07, 6.45) is 0.565. The molecule has 0 atom stereocenters. The van der Waals surface area contributed by atoms with Gasteiger partial charge in [0.05, 0.1) is 17.7 Å². The first-order valence-electron chi connectivity index (χ1n) is 9.19. The van der Waals surface area contributed by atoms with Gasteiger partial charge in [-0.05, 0) is 47.9 Å². The van der Waals surface area contributed by atoms with Crippen LogP contribution in [-0.4, -0.2) is 17.0 Å². The monoisotopic (exact) mass is 413 g/mol. The molecule has 3 aromatic rings. The molecule has 0 aliphatic carbocycles. The van der Waals surface area contributed by atoms with Crippen molar-refractivity contribution in [2.24, 2.45) is 0 Å². The first kappa shape index (κ1) is 21.1. The van der Waals surface area contributed by atoms with Crippen molar-refractivity contribution in [3.05, 3.63) is 100 Å². The van der Waals surface area contributed by atoms with Crippen molar-refractivity contribution in [2.45, 2.75) is 19.9 Å². The van der Waals surface area contributed by atoms with Gasteiger partial charge in [0, 0.05) is 5.69 Å². The van der Waals surface area contributed by atoms with Crippen LogP contribution in [0.2, 0.25) is 0 Å². The molecule has 3 aromatic carbocycles. The molecule has 30 heavy (non-hydrogen) atoms. The Kier molecular flexibility index (Phi) is 6.20. The zero-order valence-corrected chi connectivity index (χ0v) is 16.0. The highest BCUT2D eigenvalue weighted by molar-refractivity contribution is 6.06. The van der Waals surface area contributed by atoms with Crippen LogP contribution in [0.1, 0.15) is 38.8 Å². The van der Waals surface area contributed by atoms with E-state index in [4.69, 9.17) is 0 Å². The van der Waals surface area contributed by atoms with E-state index in [9.17, 15) is 27.9 Å². The fourth-order valence-corrected chi connectivity index (χ4v) is 3.16. The molecule has 0 spiro atoms. The number of aromatic carboxylic acids is 1. The molecule has 0 aliphatic heterocycles. The van der Waals surface area contributed by atoms with E-state index in [0.717, 1.165) is 11.6 Å². The van der Waals surface area contributed by atoms with Crippen LogP contribution in [0, 0.1) is 17.5 Å². The Bertz CT molecular complexity index is 1110. The maximum absolute atomic E-state index is 14.3. The van der Waals surface area contributed by atoms with E-state index < -0.39 is 34.9 Å². The number of hydrogen-bond acceptors (Lipinski definition) is 2. The summed E-state index contributed by atoms with van der Waals surface area (Å²) in [5.41, 5.74) is 1.15. The molecule has 0 bridgehead atoms. The van der Waals surface area contributed by atoms with E-state index in [1.54, 1.807) is 30.3 Å². The van der Waals surface area contributed by atoms with Crippen molar-refractivity contribution in [3.8, 4) is 0 Å². The number of nitrogens with zero attached hydrogens (tertiary/aromatic N) is 1. The summed E-state index contributed by atoms with van der Waals surface area (Å²) in [4.78, 5) is 25.7. The molecule has 0 heterocycles. The van der Waals surface area contributed by atoms with E-state index in [1.807, 2.05) is 6.92 Å². The first-order chi connectivity index (χ1) is 14.3. The Hall–Kier alpha value is -3.61. The van der Waals surface area contributed by atoms with Gasteiger partial charge in [-0.2, -0.15) is 0 Å². The number of amides is 1. The lowest BCUT2D eigenvalue weighted by Crippen LogP contribution is -2.32. The third-order valence-corrected chi connectivity index (χ3v) is 4.69. The maximum Gasteiger partial charge on any atom is 0.335 e. The third-order valence-electron chi connectivity index (χ3n) is 4.69. The fraction of sp³-hybridized carbons (Fsp3) is 0.130. The van der Waals surface area contributed by atoms with Crippen molar-refractivity contribution < 1.29 is 27.9 Å². The van der Waals surface area contributed by atoms with Crippen LogP contribution in [0.3, 0.4) is 0 Å². The second-order valence-electron chi connectivity index (χ2n) is 6.60. The Morgan fingerprint density at radius 1 is 0.933 bits per heavy atom. The fourth-order valence-electron chi connectivity index (χ4n) is 3.16. The van der Waals surface area contributed by atoms with Crippen molar-refractivity contribution in [1.82, 2.24) is 0 Å². The number of carboxylic acids is 1. The van der Waals surface area contributed by atoms with Gasteiger partial charge < -0.3 is 10.0 Å². The molecule has 0 unspecified atom stereocenters. The lowest BCUT2D eigenvalue weighted by atomic mass is 10.1. The number of carboxylic acid groups (broad SMARTS) is 1. The summed E-state index contributed by atoms with van der Waals surface area (Å²) in [5.74, 6) is -6.68. The minimum absolute atomic E-state index is 0.0303. The summed E-state index contributed by atoms with van der Waals surface area (Å²) in [7, 11) is 0. The van der Waals surface area contributed by atoms with Crippen LogP contribution in [0.5, 0.6) is 0 Å². The average molecular weight is 413 g/mol. The molecule has 1 amide bonds. The molecule has 0 fully saturated rings. The molecule has 0 saturated carbocycles. The van der Waals surface area contributed by atoms with Crippen LogP contribution in [0.4, 0.5) is 18.9 Å². The zero-order valence-electron chi connectivity index (χ0n) is 16.0. The summed E-state index contributed by atoms with van der Waals surface area (Å²) in [6.45, 7) is 1.79. The number of anilines is 1. The van der Waals surface area contributed by atoms with E-state index in [-0.39, 0.29) is 12.1 Å². The quantitative estimate of drug-likeness (QED) is 0.565. The number of benzene rings is 3. The maximum atomic E-state index is 14.3. The summed E-state index contributed by atoms with van der Waals surface area (Å²) in [6, 6.07) is 14.5. The molecule has 4 nitrogen and oxygen atoms in total. The van der Waals surface area contributed by atoms with Gasteiger partial charge in [-0.3, -0.25) is 4.79 Å². The zero-order chi connectivity index (χ0) is 21.8. The highest BCUT2D eigenvalue weighted by Crippen LogP contribution is 2.27. The lowest BCUT2D eigenvalue weighted by Gasteiger charge is -2.26. The summed E-state index contributed by atoms with van der Waals surface area (Å²) < 4.78 is 41.4. The van der Waals surface area contributed by atoms with E-state index in [2.05, 4.69) is 0 Å². The Labute approximate surface area is 171 Å². The third kappa shape index (κ3) is 4.20. The minimum Gasteiger partial charge on any atom is -0.478 e. The molecule has 154 valence electrons. The van der Waals surface area contributed by atoms with Gasteiger partial charge in [0.15, 0.2) is 17.5 Å². The van der Waals surface area contributed by atoms with E-state index in [0.29, 0.717) is 23.7 Å². The van der Waals surface area contributed by atoms with Crippen molar-refractivity contribution in [3.63, 3.8) is 0 Å². The number of rotatable bonds is 6. The summed E-state index contributed by atoms with van der Waals surface area (Å²) in [5, 5.41) is 9.22. The lowest BCUT2D eigenvalue weighted by molar-refractivity contribution is 0.0696. The van der Waals surface area contributed by atoms with Crippen molar-refractivity contribution in [1.29, 1.82) is 0 Å². The first-order valence-corrected chi connectivity index (χ1v) is 9.19. The van der Waals surface area contributed by atoms with Gasteiger partial charge in [-0.15, -0.1) is 0 Å². The molecule has 0 aliphatic rings. The van der Waals surface area contributed by atoms with Crippen LogP contribution in [0.15, 0.2) is 60.7 Å². The van der Waals surface area contributed by atoms with Crippen LogP contribution >= 0.6 is 0 Å². The number of carbonyl (C=O) groups is 2. The molecule has 0 saturated heterocycles. The summed E-state index contributed by atoms with van der Waals surface area (Å²) >= 11 is 0. The van der Waals surface area contributed by atoms with Gasteiger partial charge in [0.25, 0.3) is 5.91 Å². The Balaban J connectivity index is 2.11. The topological polar surface area (TPSA) is 57.6 Å². The molecule has 0 radical (unpaired) electrons. The smallest absolute Gasteiger partial charge is 0.335 e. The van der Waals surface area contributed by atoms with Gasteiger partial charge in [0.1, 0.15) is 0 Å². The second kappa shape index (κ2) is 8.82.